The summed E-state index contributed by atoms with van der Waals surface area (Å²) >= 11 is 0. The molecule has 0 rings (SSSR count). The first-order valence-electron chi connectivity index (χ1n) is 13.9. The average molecular weight is 495 g/mol. The first kappa shape index (κ1) is 32.8. The van der Waals surface area contributed by atoms with Crippen LogP contribution in [-0.4, -0.2) is 48.9 Å². The molecule has 0 aliphatic carbocycles. The maximum absolute atomic E-state index is 12.0. The summed E-state index contributed by atoms with van der Waals surface area (Å²) in [5, 5.41) is 15.2. The van der Waals surface area contributed by atoms with E-state index in [9.17, 15) is 19.2 Å². The van der Waals surface area contributed by atoms with Crippen molar-refractivity contribution in [2.45, 2.75) is 123 Å². The fraction of sp³-hybridized carbons (Fsp3) is 0.815. The third-order valence-electron chi connectivity index (χ3n) is 5.98. The van der Waals surface area contributed by atoms with E-state index in [0.717, 1.165) is 38.5 Å². The standard InChI is InChI=1S/C27H50N4O4/c1-3-5-7-9-11-13-15-17-19-23(28)24(32)25(33)30-21-22-31-27(35)26(34)29-20-18-16-14-12-10-8-6-4-2/h28H,3-22H2,1-2H3,(H,29,34)(H,30,33)(H,31,35). The molecule has 0 aliphatic rings. The van der Waals surface area contributed by atoms with Gasteiger partial charge in [0.25, 0.3) is 11.7 Å². The highest BCUT2D eigenvalue weighted by atomic mass is 16.2. The van der Waals surface area contributed by atoms with Gasteiger partial charge in [-0.3, -0.25) is 19.2 Å². The van der Waals surface area contributed by atoms with Crippen molar-refractivity contribution in [1.82, 2.24) is 16.0 Å². The second-order valence-corrected chi connectivity index (χ2v) is 9.28. The van der Waals surface area contributed by atoms with Crippen molar-refractivity contribution in [2.24, 2.45) is 0 Å². The van der Waals surface area contributed by atoms with Gasteiger partial charge in [0.2, 0.25) is 0 Å². The Balaban J connectivity index is 3.75. The first-order valence-corrected chi connectivity index (χ1v) is 13.9. The zero-order valence-corrected chi connectivity index (χ0v) is 22.3. The lowest BCUT2D eigenvalue weighted by Gasteiger charge is -2.08. The van der Waals surface area contributed by atoms with Crippen LogP contribution in [0.4, 0.5) is 0 Å². The summed E-state index contributed by atoms with van der Waals surface area (Å²) in [6.45, 7) is 4.91. The summed E-state index contributed by atoms with van der Waals surface area (Å²) in [6.07, 6.45) is 18.5. The fourth-order valence-corrected chi connectivity index (χ4v) is 3.74. The van der Waals surface area contributed by atoms with Crippen LogP contribution in [0.3, 0.4) is 0 Å². The third-order valence-corrected chi connectivity index (χ3v) is 5.98. The number of Topliss-reactive ketones (excluding diaryl/α,β-unsaturated/α-hetero) is 1. The largest absolute Gasteiger partial charge is 0.348 e. The van der Waals surface area contributed by atoms with Crippen LogP contribution in [0.2, 0.25) is 0 Å². The monoisotopic (exact) mass is 494 g/mol. The van der Waals surface area contributed by atoms with E-state index >= 15 is 0 Å². The van der Waals surface area contributed by atoms with Crippen LogP contribution in [0.1, 0.15) is 123 Å². The maximum Gasteiger partial charge on any atom is 0.309 e. The molecule has 0 spiro atoms. The van der Waals surface area contributed by atoms with Gasteiger partial charge in [0.1, 0.15) is 0 Å². The molecule has 0 heterocycles. The van der Waals surface area contributed by atoms with Crippen LogP contribution in [0.15, 0.2) is 0 Å². The molecule has 0 aromatic heterocycles. The molecule has 3 amide bonds. The second kappa shape index (κ2) is 23.5. The van der Waals surface area contributed by atoms with Gasteiger partial charge in [-0.05, 0) is 19.3 Å². The minimum absolute atomic E-state index is 0.0205. The van der Waals surface area contributed by atoms with E-state index in [0.29, 0.717) is 13.0 Å². The third kappa shape index (κ3) is 19.7. The molecule has 0 radical (unpaired) electrons. The molecule has 0 fully saturated rings. The lowest BCUT2D eigenvalue weighted by atomic mass is 10.0. The number of amides is 3. The summed E-state index contributed by atoms with van der Waals surface area (Å²) in [6, 6.07) is 0. The van der Waals surface area contributed by atoms with Gasteiger partial charge in [-0.1, -0.05) is 104 Å². The number of hydrogen-bond acceptors (Lipinski definition) is 5. The Morgan fingerprint density at radius 2 is 0.857 bits per heavy atom. The van der Waals surface area contributed by atoms with Gasteiger partial charge in [0.05, 0.1) is 5.71 Å². The van der Waals surface area contributed by atoms with Gasteiger partial charge < -0.3 is 21.4 Å². The zero-order valence-electron chi connectivity index (χ0n) is 22.3. The lowest BCUT2D eigenvalue weighted by molar-refractivity contribution is -0.139. The van der Waals surface area contributed by atoms with Crippen LogP contribution < -0.4 is 16.0 Å². The van der Waals surface area contributed by atoms with Gasteiger partial charge in [0.15, 0.2) is 0 Å². The minimum Gasteiger partial charge on any atom is -0.348 e. The van der Waals surface area contributed by atoms with Gasteiger partial charge in [-0.2, -0.15) is 0 Å². The Hall–Kier alpha value is -2.25. The molecule has 0 saturated carbocycles. The van der Waals surface area contributed by atoms with Crippen molar-refractivity contribution in [2.75, 3.05) is 19.6 Å². The van der Waals surface area contributed by atoms with Crippen molar-refractivity contribution in [3.8, 4) is 0 Å². The molecule has 202 valence electrons. The fourth-order valence-electron chi connectivity index (χ4n) is 3.74. The molecule has 8 nitrogen and oxygen atoms in total. The van der Waals surface area contributed by atoms with Crippen molar-refractivity contribution >= 4 is 29.2 Å². The SMILES string of the molecule is CCCCCCCCCCNC(=O)C(=O)NCCNC(=O)C(=O)C(=N)CCCCCCCCCC. The van der Waals surface area contributed by atoms with E-state index in [4.69, 9.17) is 5.41 Å². The molecule has 35 heavy (non-hydrogen) atoms. The van der Waals surface area contributed by atoms with Crippen molar-refractivity contribution < 1.29 is 19.2 Å². The molecule has 0 aromatic carbocycles. The van der Waals surface area contributed by atoms with Crippen LogP contribution in [0.5, 0.6) is 0 Å². The number of unbranched alkanes of at least 4 members (excludes halogenated alkanes) is 14. The quantitative estimate of drug-likeness (QED) is 0.0940. The van der Waals surface area contributed by atoms with E-state index in [1.807, 2.05) is 0 Å². The van der Waals surface area contributed by atoms with Gasteiger partial charge in [0, 0.05) is 19.6 Å². The lowest BCUT2D eigenvalue weighted by Crippen LogP contribution is -2.44. The number of rotatable bonds is 23. The van der Waals surface area contributed by atoms with Gasteiger partial charge >= 0.3 is 11.8 Å². The predicted octanol–water partition coefficient (Wildman–Crippen LogP) is 4.60. The Kier molecular flexibility index (Phi) is 22.0. The second-order valence-electron chi connectivity index (χ2n) is 9.28. The maximum atomic E-state index is 12.0. The van der Waals surface area contributed by atoms with E-state index < -0.39 is 23.5 Å². The van der Waals surface area contributed by atoms with Crippen LogP contribution in [0, 0.1) is 5.41 Å². The summed E-state index contributed by atoms with van der Waals surface area (Å²) in [5.41, 5.74) is -0.183. The zero-order chi connectivity index (χ0) is 26.2. The Bertz CT molecular complexity index is 622. The molecule has 0 atom stereocenters. The van der Waals surface area contributed by atoms with E-state index in [-0.39, 0.29) is 18.8 Å². The number of carbonyl (C=O) groups is 4. The van der Waals surface area contributed by atoms with Gasteiger partial charge in [-0.25, -0.2) is 0 Å². The molecular weight excluding hydrogens is 444 g/mol. The summed E-state index contributed by atoms with van der Waals surface area (Å²) in [4.78, 5) is 47.5. The molecule has 0 unspecified atom stereocenters. The van der Waals surface area contributed by atoms with Crippen molar-refractivity contribution in [1.29, 1.82) is 5.41 Å². The topological polar surface area (TPSA) is 128 Å². The number of nitrogens with one attached hydrogen (secondary N) is 4. The summed E-state index contributed by atoms with van der Waals surface area (Å²) < 4.78 is 0. The Morgan fingerprint density at radius 3 is 1.34 bits per heavy atom. The number of hydrogen-bond donors (Lipinski definition) is 4. The number of carbonyl (C=O) groups excluding carboxylic acids is 4. The molecule has 0 aromatic rings. The highest BCUT2D eigenvalue weighted by molar-refractivity contribution is 6.64. The Morgan fingerprint density at radius 1 is 0.486 bits per heavy atom. The summed E-state index contributed by atoms with van der Waals surface area (Å²) in [5.74, 6) is -3.12. The van der Waals surface area contributed by atoms with Crippen LogP contribution in [0.25, 0.3) is 0 Å². The van der Waals surface area contributed by atoms with Crippen molar-refractivity contribution in [3.05, 3.63) is 0 Å². The Labute approximate surface area is 212 Å². The molecule has 8 heteroatoms. The predicted molar refractivity (Wildman–Crippen MR) is 142 cm³/mol. The molecule has 4 N–H and O–H groups in total. The van der Waals surface area contributed by atoms with E-state index in [1.54, 1.807) is 0 Å². The highest BCUT2D eigenvalue weighted by Gasteiger charge is 2.18. The molecule has 0 aliphatic heterocycles. The summed E-state index contributed by atoms with van der Waals surface area (Å²) in [7, 11) is 0. The van der Waals surface area contributed by atoms with Crippen LogP contribution >= 0.6 is 0 Å². The normalized spacial score (nSPS) is 10.6. The highest BCUT2D eigenvalue weighted by Crippen LogP contribution is 2.10. The molecule has 0 bridgehead atoms. The van der Waals surface area contributed by atoms with E-state index in [1.165, 1.54) is 64.2 Å². The minimum atomic E-state index is -0.844. The van der Waals surface area contributed by atoms with Crippen molar-refractivity contribution in [3.63, 3.8) is 0 Å². The van der Waals surface area contributed by atoms with Gasteiger partial charge in [-0.15, -0.1) is 0 Å². The van der Waals surface area contributed by atoms with Crippen LogP contribution in [-0.2, 0) is 19.2 Å². The van der Waals surface area contributed by atoms with E-state index in [2.05, 4.69) is 29.8 Å². The number of ketones is 1. The molecular formula is C27H50N4O4. The smallest absolute Gasteiger partial charge is 0.309 e. The molecule has 0 saturated heterocycles. The first-order chi connectivity index (χ1) is 16.9. The average Bonchev–Trinajstić information content (AvgIpc) is 2.86.